The summed E-state index contributed by atoms with van der Waals surface area (Å²) in [5.41, 5.74) is 5.29. The minimum atomic E-state index is -0.352. The van der Waals surface area contributed by atoms with E-state index >= 15 is 0 Å². The van der Waals surface area contributed by atoms with Gasteiger partial charge in [-0.15, -0.1) is 0 Å². The molecular weight excluding hydrogens is 364 g/mol. The maximum absolute atomic E-state index is 12.2. The third-order valence-corrected chi connectivity index (χ3v) is 5.32. The minimum Gasteiger partial charge on any atom is -0.477 e. The quantitative estimate of drug-likeness (QED) is 0.486. The summed E-state index contributed by atoms with van der Waals surface area (Å²) in [4.78, 5) is 18.6. The molecule has 0 bridgehead atoms. The Kier molecular flexibility index (Phi) is 4.37. The van der Waals surface area contributed by atoms with E-state index in [0.29, 0.717) is 12.3 Å². The largest absolute Gasteiger partial charge is 0.477 e. The van der Waals surface area contributed by atoms with Crippen molar-refractivity contribution in [2.24, 2.45) is 0 Å². The topological polar surface area (TPSA) is 55.6 Å². The van der Waals surface area contributed by atoms with Crippen LogP contribution in [0.15, 0.2) is 76.2 Å². The first-order valence-corrected chi connectivity index (χ1v) is 9.59. The van der Waals surface area contributed by atoms with Gasteiger partial charge in [0.25, 0.3) is 0 Å². The maximum Gasteiger partial charge on any atom is 0.336 e. The lowest BCUT2D eigenvalue weighted by molar-refractivity contribution is 0.0881. The summed E-state index contributed by atoms with van der Waals surface area (Å²) >= 11 is 0. The lowest BCUT2D eigenvalue weighted by Gasteiger charge is -2.30. The number of benzene rings is 2. The van der Waals surface area contributed by atoms with E-state index in [4.69, 9.17) is 9.15 Å². The van der Waals surface area contributed by atoms with Crippen molar-refractivity contribution in [3.8, 4) is 16.9 Å². The van der Waals surface area contributed by atoms with E-state index in [1.165, 1.54) is 5.56 Å². The first-order valence-electron chi connectivity index (χ1n) is 9.59. The Bertz CT molecular complexity index is 1230. The van der Waals surface area contributed by atoms with Crippen molar-refractivity contribution in [3.05, 3.63) is 94.1 Å². The Morgan fingerprint density at radius 3 is 2.66 bits per heavy atom. The van der Waals surface area contributed by atoms with Crippen molar-refractivity contribution in [2.75, 3.05) is 6.73 Å². The predicted molar refractivity (Wildman–Crippen MR) is 112 cm³/mol. The van der Waals surface area contributed by atoms with Gasteiger partial charge in [0, 0.05) is 48.1 Å². The molecule has 2 aromatic heterocycles. The molecular formula is C24H20N2O3. The van der Waals surface area contributed by atoms with Crippen molar-refractivity contribution < 1.29 is 9.15 Å². The summed E-state index contributed by atoms with van der Waals surface area (Å²) in [5, 5.41) is 0.932. The van der Waals surface area contributed by atoms with Crippen molar-refractivity contribution >= 4 is 11.0 Å². The van der Waals surface area contributed by atoms with Gasteiger partial charge in [0.05, 0.1) is 0 Å². The van der Waals surface area contributed by atoms with Crippen LogP contribution in [-0.4, -0.2) is 16.6 Å². The Morgan fingerprint density at radius 1 is 1.07 bits per heavy atom. The fourth-order valence-electron chi connectivity index (χ4n) is 3.97. The van der Waals surface area contributed by atoms with Gasteiger partial charge in [-0.25, -0.2) is 4.79 Å². The normalized spacial score (nSPS) is 13.8. The predicted octanol–water partition coefficient (Wildman–Crippen LogP) is 4.52. The zero-order valence-electron chi connectivity index (χ0n) is 16.1. The Morgan fingerprint density at radius 2 is 1.86 bits per heavy atom. The van der Waals surface area contributed by atoms with Crippen LogP contribution >= 0.6 is 0 Å². The number of aryl methyl sites for hydroxylation is 1. The van der Waals surface area contributed by atoms with Gasteiger partial charge in [-0.1, -0.05) is 30.3 Å². The van der Waals surface area contributed by atoms with Crippen LogP contribution in [0.4, 0.5) is 0 Å². The molecule has 4 aromatic rings. The van der Waals surface area contributed by atoms with Gasteiger partial charge in [0.15, 0.2) is 0 Å². The van der Waals surface area contributed by atoms with Gasteiger partial charge in [-0.3, -0.25) is 9.88 Å². The number of hydrogen-bond donors (Lipinski definition) is 0. The highest BCUT2D eigenvalue weighted by atomic mass is 16.5. The number of nitrogens with zero attached hydrogens (tertiary/aromatic N) is 2. The van der Waals surface area contributed by atoms with E-state index in [1.807, 2.05) is 49.4 Å². The second-order valence-electron chi connectivity index (χ2n) is 7.33. The lowest BCUT2D eigenvalue weighted by atomic mass is 9.97. The zero-order chi connectivity index (χ0) is 19.8. The highest BCUT2D eigenvalue weighted by molar-refractivity contribution is 5.96. The highest BCUT2D eigenvalue weighted by Crippen LogP contribution is 2.38. The summed E-state index contributed by atoms with van der Waals surface area (Å²) in [6.07, 6.45) is 3.61. The SMILES string of the molecule is Cc1c2c(cc3c(-c4ccccc4)cc(=O)oc13)CN(Cc1ccncc1)CO2. The monoisotopic (exact) mass is 384 g/mol. The fraction of sp³-hybridized carbons (Fsp3) is 0.167. The molecule has 0 radical (unpaired) electrons. The molecule has 3 heterocycles. The fourth-order valence-corrected chi connectivity index (χ4v) is 3.97. The Labute approximate surface area is 168 Å². The molecule has 0 unspecified atom stereocenters. The van der Waals surface area contributed by atoms with E-state index < -0.39 is 0 Å². The average Bonchev–Trinajstić information content (AvgIpc) is 2.75. The van der Waals surface area contributed by atoms with Gasteiger partial charge in [0.1, 0.15) is 18.1 Å². The molecule has 29 heavy (non-hydrogen) atoms. The molecule has 0 fully saturated rings. The second kappa shape index (κ2) is 7.18. The minimum absolute atomic E-state index is 0.352. The molecule has 0 saturated carbocycles. The molecule has 5 heteroatoms. The van der Waals surface area contributed by atoms with Crippen molar-refractivity contribution in [2.45, 2.75) is 20.0 Å². The molecule has 144 valence electrons. The number of ether oxygens (including phenoxy) is 1. The molecule has 0 spiro atoms. The Balaban J connectivity index is 1.60. The Hall–Kier alpha value is -3.44. The summed E-state index contributed by atoms with van der Waals surface area (Å²) in [6, 6.07) is 17.6. The van der Waals surface area contributed by atoms with Crippen molar-refractivity contribution in [3.63, 3.8) is 0 Å². The van der Waals surface area contributed by atoms with Crippen LogP contribution in [0.1, 0.15) is 16.7 Å². The summed E-state index contributed by atoms with van der Waals surface area (Å²) in [7, 11) is 0. The van der Waals surface area contributed by atoms with Gasteiger partial charge < -0.3 is 9.15 Å². The molecule has 0 amide bonds. The van der Waals surface area contributed by atoms with E-state index in [0.717, 1.165) is 46.5 Å². The molecule has 0 atom stereocenters. The van der Waals surface area contributed by atoms with Crippen LogP contribution < -0.4 is 10.4 Å². The number of hydrogen-bond acceptors (Lipinski definition) is 5. The molecule has 5 nitrogen and oxygen atoms in total. The van der Waals surface area contributed by atoms with E-state index in [9.17, 15) is 4.79 Å². The van der Waals surface area contributed by atoms with Gasteiger partial charge in [-0.05, 0) is 41.8 Å². The smallest absolute Gasteiger partial charge is 0.336 e. The van der Waals surface area contributed by atoms with E-state index in [2.05, 4.69) is 16.0 Å². The van der Waals surface area contributed by atoms with Crippen LogP contribution in [0.25, 0.3) is 22.1 Å². The third-order valence-electron chi connectivity index (χ3n) is 5.32. The number of aromatic nitrogens is 1. The van der Waals surface area contributed by atoms with Crippen LogP contribution in [0, 0.1) is 6.92 Å². The maximum atomic E-state index is 12.2. The van der Waals surface area contributed by atoms with Crippen LogP contribution in [-0.2, 0) is 13.1 Å². The van der Waals surface area contributed by atoms with E-state index in [1.54, 1.807) is 18.5 Å². The third kappa shape index (κ3) is 3.30. The first kappa shape index (κ1) is 17.6. The zero-order valence-corrected chi connectivity index (χ0v) is 16.1. The number of pyridine rings is 1. The molecule has 2 aromatic carbocycles. The van der Waals surface area contributed by atoms with Gasteiger partial charge >= 0.3 is 5.63 Å². The van der Waals surface area contributed by atoms with Crippen LogP contribution in [0.3, 0.4) is 0 Å². The lowest BCUT2D eigenvalue weighted by Crippen LogP contribution is -2.31. The van der Waals surface area contributed by atoms with Crippen molar-refractivity contribution in [1.82, 2.24) is 9.88 Å². The van der Waals surface area contributed by atoms with Gasteiger partial charge in [-0.2, -0.15) is 0 Å². The van der Waals surface area contributed by atoms with Gasteiger partial charge in [0.2, 0.25) is 0 Å². The molecule has 0 N–H and O–H groups in total. The molecule has 1 aliphatic rings. The first-order chi connectivity index (χ1) is 14.2. The highest BCUT2D eigenvalue weighted by Gasteiger charge is 2.23. The standard InChI is InChI=1S/C24H20N2O3/c1-16-23-19(14-26(15-28-23)13-17-7-9-25-10-8-17)11-21-20(12-22(27)29-24(16)21)18-5-3-2-4-6-18/h2-12H,13-15H2,1H3. The molecule has 5 rings (SSSR count). The van der Waals surface area contributed by atoms with E-state index in [-0.39, 0.29) is 5.63 Å². The summed E-state index contributed by atoms with van der Waals surface area (Å²) < 4.78 is 11.7. The summed E-state index contributed by atoms with van der Waals surface area (Å²) in [6.45, 7) is 4.00. The molecule has 1 aliphatic heterocycles. The van der Waals surface area contributed by atoms with Crippen LogP contribution in [0.5, 0.6) is 5.75 Å². The summed E-state index contributed by atoms with van der Waals surface area (Å²) in [5.74, 6) is 0.817. The van der Waals surface area contributed by atoms with Crippen LogP contribution in [0.2, 0.25) is 0 Å². The molecule has 0 aliphatic carbocycles. The molecule has 0 saturated heterocycles. The number of rotatable bonds is 3. The van der Waals surface area contributed by atoms with Crippen molar-refractivity contribution in [1.29, 1.82) is 0 Å². The second-order valence-corrected chi connectivity index (χ2v) is 7.33. The number of fused-ring (bicyclic) bond motifs is 2. The average molecular weight is 384 g/mol.